The second-order valence-corrected chi connectivity index (χ2v) is 10.1. The maximum absolute atomic E-state index is 13.4. The van der Waals surface area contributed by atoms with Gasteiger partial charge in [-0.1, -0.05) is 103 Å². The second kappa shape index (κ2) is 12.2. The summed E-state index contributed by atoms with van der Waals surface area (Å²) in [5, 5.41) is 0.641. The van der Waals surface area contributed by atoms with Crippen LogP contribution in [-0.2, 0) is 20.9 Å². The van der Waals surface area contributed by atoms with Gasteiger partial charge >= 0.3 is 5.97 Å². The highest BCUT2D eigenvalue weighted by molar-refractivity contribution is 8.26. The van der Waals surface area contributed by atoms with Crippen LogP contribution in [0.1, 0.15) is 36.1 Å². The van der Waals surface area contributed by atoms with Crippen molar-refractivity contribution in [3.05, 3.63) is 105 Å². The van der Waals surface area contributed by atoms with Crippen molar-refractivity contribution in [1.82, 2.24) is 4.90 Å². The molecule has 0 N–H and O–H groups in total. The van der Waals surface area contributed by atoms with Crippen molar-refractivity contribution in [1.29, 1.82) is 0 Å². The van der Waals surface area contributed by atoms with E-state index in [0.29, 0.717) is 38.6 Å². The Kier molecular flexibility index (Phi) is 8.80. The Morgan fingerprint density at radius 2 is 1.83 bits per heavy atom. The van der Waals surface area contributed by atoms with E-state index in [1.807, 2.05) is 73.7 Å². The van der Waals surface area contributed by atoms with Crippen molar-refractivity contribution in [2.24, 2.45) is 0 Å². The minimum atomic E-state index is -0.943. The summed E-state index contributed by atoms with van der Waals surface area (Å²) in [6, 6.07) is 23.0. The molecule has 1 heterocycles. The van der Waals surface area contributed by atoms with Gasteiger partial charge in [-0.05, 0) is 41.8 Å². The van der Waals surface area contributed by atoms with Crippen LogP contribution >= 0.6 is 35.6 Å². The summed E-state index contributed by atoms with van der Waals surface area (Å²) in [6.45, 7) is 2.51. The van der Waals surface area contributed by atoms with Gasteiger partial charge in [-0.15, -0.1) is 0 Å². The van der Waals surface area contributed by atoms with Crippen molar-refractivity contribution in [2.45, 2.75) is 26.0 Å². The number of halogens is 1. The van der Waals surface area contributed by atoms with Crippen molar-refractivity contribution in [3.63, 3.8) is 0 Å². The third-order valence-electron chi connectivity index (χ3n) is 5.38. The molecule has 1 atom stereocenters. The van der Waals surface area contributed by atoms with Crippen LogP contribution in [0, 0.1) is 0 Å². The quantitative estimate of drug-likeness (QED) is 0.170. The molecule has 3 aromatic carbocycles. The summed E-state index contributed by atoms with van der Waals surface area (Å²) < 4.78 is 11.6. The van der Waals surface area contributed by atoms with Crippen LogP contribution in [0.4, 0.5) is 0 Å². The Morgan fingerprint density at radius 3 is 2.58 bits per heavy atom. The molecule has 5 nitrogen and oxygen atoms in total. The van der Waals surface area contributed by atoms with E-state index in [9.17, 15) is 9.59 Å². The molecular weight excluding hydrogens is 514 g/mol. The van der Waals surface area contributed by atoms with Crippen molar-refractivity contribution < 1.29 is 19.1 Å². The summed E-state index contributed by atoms with van der Waals surface area (Å²) in [4.78, 5) is 28.2. The largest absolute Gasteiger partial charge is 0.489 e. The monoisotopic (exact) mass is 537 g/mol. The molecule has 0 aromatic heterocycles. The molecule has 8 heteroatoms. The van der Waals surface area contributed by atoms with E-state index < -0.39 is 12.0 Å². The zero-order valence-corrected chi connectivity index (χ0v) is 21.9. The lowest BCUT2D eigenvalue weighted by Crippen LogP contribution is -2.38. The van der Waals surface area contributed by atoms with E-state index in [1.54, 1.807) is 18.2 Å². The highest BCUT2D eigenvalue weighted by atomic mass is 35.5. The molecule has 1 aliphatic rings. The lowest BCUT2D eigenvalue weighted by Gasteiger charge is -2.25. The van der Waals surface area contributed by atoms with Crippen LogP contribution in [0.25, 0.3) is 6.08 Å². The van der Waals surface area contributed by atoms with Gasteiger partial charge in [0, 0.05) is 10.6 Å². The first-order chi connectivity index (χ1) is 17.5. The number of hydrogen-bond donors (Lipinski definition) is 0. The average Bonchev–Trinajstić information content (AvgIpc) is 3.16. The number of carbonyl (C=O) groups excluding carboxylic acids is 2. The van der Waals surface area contributed by atoms with Gasteiger partial charge in [0.25, 0.3) is 5.91 Å². The van der Waals surface area contributed by atoms with E-state index >= 15 is 0 Å². The van der Waals surface area contributed by atoms with E-state index in [2.05, 4.69) is 0 Å². The molecule has 1 saturated heterocycles. The molecule has 184 valence electrons. The maximum atomic E-state index is 13.4. The Labute approximate surface area is 225 Å². The van der Waals surface area contributed by atoms with Crippen LogP contribution in [0.15, 0.2) is 83.8 Å². The third kappa shape index (κ3) is 6.16. The average molecular weight is 538 g/mol. The van der Waals surface area contributed by atoms with Crippen molar-refractivity contribution in [3.8, 4) is 5.75 Å². The highest BCUT2D eigenvalue weighted by Gasteiger charge is 2.42. The number of thiocarbonyl (C=S) groups is 1. The molecule has 0 bridgehead atoms. The predicted molar refractivity (Wildman–Crippen MR) is 148 cm³/mol. The Balaban J connectivity index is 1.55. The number of carbonyl (C=O) groups is 2. The van der Waals surface area contributed by atoms with Crippen LogP contribution in [-0.4, -0.2) is 27.7 Å². The summed E-state index contributed by atoms with van der Waals surface area (Å²) in [6.07, 6.45) is 2.43. The number of thioether (sulfide) groups is 1. The number of amides is 1. The van der Waals surface area contributed by atoms with E-state index in [4.69, 9.17) is 33.3 Å². The summed E-state index contributed by atoms with van der Waals surface area (Å²) in [5.74, 6) is -0.199. The van der Waals surface area contributed by atoms with Crippen LogP contribution in [0.3, 0.4) is 0 Å². The number of hydrogen-bond acceptors (Lipinski definition) is 6. The first kappa shape index (κ1) is 25.9. The van der Waals surface area contributed by atoms with Gasteiger partial charge in [0.1, 0.15) is 16.7 Å². The van der Waals surface area contributed by atoms with E-state index in [0.717, 1.165) is 22.9 Å². The van der Waals surface area contributed by atoms with Crippen LogP contribution in [0.5, 0.6) is 5.75 Å². The Bertz CT molecular complexity index is 1300. The minimum absolute atomic E-state index is 0.272. The fraction of sp³-hybridized carbons (Fsp3) is 0.179. The molecule has 3 aromatic rings. The highest BCUT2D eigenvalue weighted by Crippen LogP contribution is 2.39. The molecule has 36 heavy (non-hydrogen) atoms. The molecule has 1 unspecified atom stereocenters. The fourth-order valence-corrected chi connectivity index (χ4v) is 5.14. The van der Waals surface area contributed by atoms with Crippen LogP contribution in [0.2, 0.25) is 5.02 Å². The van der Waals surface area contributed by atoms with E-state index in [-0.39, 0.29) is 12.5 Å². The Hall–Kier alpha value is -3.13. The summed E-state index contributed by atoms with van der Waals surface area (Å²) in [5.41, 5.74) is 2.30. The maximum Gasteiger partial charge on any atom is 0.333 e. The number of esters is 1. The number of benzene rings is 3. The molecule has 0 saturated carbocycles. The SMILES string of the molecule is CCCOC(=O)C(c1ccccc1)N1C(=O)/C(=C\c2cccc(OCc3ccccc3Cl)c2)SC1=S. The minimum Gasteiger partial charge on any atom is -0.489 e. The van der Waals surface area contributed by atoms with Gasteiger partial charge in [-0.2, -0.15) is 0 Å². The molecule has 0 aliphatic carbocycles. The van der Waals surface area contributed by atoms with Crippen LogP contribution < -0.4 is 4.74 Å². The number of ether oxygens (including phenoxy) is 2. The van der Waals surface area contributed by atoms with Gasteiger partial charge in [0.2, 0.25) is 0 Å². The zero-order valence-electron chi connectivity index (χ0n) is 19.6. The van der Waals surface area contributed by atoms with Gasteiger partial charge in [-0.3, -0.25) is 9.69 Å². The standard InChI is InChI=1S/C28H24ClNO4S2/c1-2-15-33-27(32)25(20-10-4-3-5-11-20)30-26(31)24(36-28(30)35)17-19-9-8-13-22(16-19)34-18-21-12-6-7-14-23(21)29/h3-14,16-17,25H,2,15,18H2,1H3/b24-17+. The normalized spacial score (nSPS) is 15.3. The fourth-order valence-electron chi connectivity index (χ4n) is 3.63. The van der Waals surface area contributed by atoms with Gasteiger partial charge in [-0.25, -0.2) is 4.79 Å². The zero-order chi connectivity index (χ0) is 25.5. The second-order valence-electron chi connectivity index (χ2n) is 7.99. The number of nitrogens with zero attached hydrogens (tertiary/aromatic N) is 1. The summed E-state index contributed by atoms with van der Waals surface area (Å²) >= 11 is 12.9. The summed E-state index contributed by atoms with van der Waals surface area (Å²) in [7, 11) is 0. The lowest BCUT2D eigenvalue weighted by atomic mass is 10.1. The van der Waals surface area contributed by atoms with Gasteiger partial charge in [0.15, 0.2) is 6.04 Å². The molecule has 1 fully saturated rings. The molecule has 1 amide bonds. The molecular formula is C28H24ClNO4S2. The van der Waals surface area contributed by atoms with Crippen molar-refractivity contribution in [2.75, 3.05) is 6.61 Å². The van der Waals surface area contributed by atoms with Gasteiger partial charge < -0.3 is 9.47 Å². The first-order valence-electron chi connectivity index (χ1n) is 11.4. The van der Waals surface area contributed by atoms with Crippen molar-refractivity contribution >= 4 is 57.9 Å². The molecule has 1 aliphatic heterocycles. The predicted octanol–water partition coefficient (Wildman–Crippen LogP) is 6.81. The molecule has 4 rings (SSSR count). The Morgan fingerprint density at radius 1 is 1.08 bits per heavy atom. The lowest BCUT2D eigenvalue weighted by molar-refractivity contribution is -0.151. The third-order valence-corrected chi connectivity index (χ3v) is 7.08. The molecule has 0 spiro atoms. The smallest absolute Gasteiger partial charge is 0.333 e. The molecule has 0 radical (unpaired) electrons. The topological polar surface area (TPSA) is 55.8 Å². The number of rotatable bonds is 9. The van der Waals surface area contributed by atoms with E-state index in [1.165, 1.54) is 4.90 Å². The first-order valence-corrected chi connectivity index (χ1v) is 13.0. The van der Waals surface area contributed by atoms with Gasteiger partial charge in [0.05, 0.1) is 11.5 Å².